The predicted octanol–water partition coefficient (Wildman–Crippen LogP) is 2.03. The number of nitrogens with zero attached hydrogens (tertiary/aromatic N) is 4. The highest BCUT2D eigenvalue weighted by atomic mass is 32.2. The number of aromatic nitrogens is 4. The molecule has 3 heterocycles. The summed E-state index contributed by atoms with van der Waals surface area (Å²) in [5.74, 6) is 0. The van der Waals surface area contributed by atoms with Crippen LogP contribution in [0.3, 0.4) is 0 Å². The lowest BCUT2D eigenvalue weighted by molar-refractivity contribution is 0.584. The Morgan fingerprint density at radius 1 is 1.25 bits per heavy atom. The molecule has 104 valence electrons. The second kappa shape index (κ2) is 4.64. The average Bonchev–Trinajstić information content (AvgIpc) is 2.97. The number of pyridine rings is 1. The number of hydrogen-bond acceptors (Lipinski definition) is 6. The zero-order chi connectivity index (χ0) is 14.3. The molecule has 0 spiro atoms. The van der Waals surface area contributed by atoms with E-state index in [4.69, 9.17) is 0 Å². The Labute approximate surface area is 120 Å². The normalized spacial score (nSPS) is 12.3. The SMILES string of the molecule is CC(C)S(=O)(=O)c1nn2cc(-c3ccccn3)nc2s1. The molecule has 0 atom stereocenters. The van der Waals surface area contributed by atoms with Crippen molar-refractivity contribution in [1.29, 1.82) is 0 Å². The first-order valence-corrected chi connectivity index (χ1v) is 8.36. The van der Waals surface area contributed by atoms with Crippen LogP contribution in [-0.4, -0.2) is 33.2 Å². The number of fused-ring (bicyclic) bond motifs is 1. The van der Waals surface area contributed by atoms with E-state index in [0.29, 0.717) is 10.7 Å². The van der Waals surface area contributed by atoms with E-state index in [1.807, 2.05) is 18.2 Å². The van der Waals surface area contributed by atoms with Crippen LogP contribution >= 0.6 is 11.3 Å². The van der Waals surface area contributed by atoms with Crippen molar-refractivity contribution in [2.75, 3.05) is 0 Å². The molecule has 8 heteroatoms. The summed E-state index contributed by atoms with van der Waals surface area (Å²) in [7, 11) is -3.36. The van der Waals surface area contributed by atoms with Crippen LogP contribution in [0.5, 0.6) is 0 Å². The minimum Gasteiger partial charge on any atom is -0.255 e. The summed E-state index contributed by atoms with van der Waals surface area (Å²) in [6.07, 6.45) is 3.37. The molecule has 0 aromatic carbocycles. The van der Waals surface area contributed by atoms with Crippen molar-refractivity contribution in [1.82, 2.24) is 19.6 Å². The van der Waals surface area contributed by atoms with Gasteiger partial charge in [0.1, 0.15) is 5.69 Å². The van der Waals surface area contributed by atoms with E-state index >= 15 is 0 Å². The molecule has 0 aliphatic carbocycles. The molecule has 0 N–H and O–H groups in total. The van der Waals surface area contributed by atoms with Crippen molar-refractivity contribution >= 4 is 26.1 Å². The molecular weight excluding hydrogens is 296 g/mol. The summed E-state index contributed by atoms with van der Waals surface area (Å²) in [5.41, 5.74) is 1.41. The van der Waals surface area contributed by atoms with E-state index in [-0.39, 0.29) is 4.34 Å². The third kappa shape index (κ3) is 2.10. The second-order valence-electron chi connectivity index (χ2n) is 4.53. The summed E-state index contributed by atoms with van der Waals surface area (Å²) in [6.45, 7) is 3.28. The second-order valence-corrected chi connectivity index (χ2v) is 8.16. The zero-order valence-corrected chi connectivity index (χ0v) is 12.5. The number of hydrogen-bond donors (Lipinski definition) is 0. The third-order valence-electron chi connectivity index (χ3n) is 2.82. The molecule has 0 saturated carbocycles. The standard InChI is InChI=1S/C12H12N4O2S2/c1-8(2)20(17,18)12-15-16-7-10(14-11(16)19-12)9-5-3-4-6-13-9/h3-8H,1-2H3. The highest BCUT2D eigenvalue weighted by molar-refractivity contribution is 7.94. The van der Waals surface area contributed by atoms with Crippen molar-refractivity contribution in [2.45, 2.75) is 23.4 Å². The lowest BCUT2D eigenvalue weighted by atomic mass is 10.3. The topological polar surface area (TPSA) is 77.2 Å². The van der Waals surface area contributed by atoms with Gasteiger partial charge >= 0.3 is 0 Å². The first kappa shape index (κ1) is 13.2. The Kier molecular flexibility index (Phi) is 3.06. The summed E-state index contributed by atoms with van der Waals surface area (Å²) >= 11 is 1.07. The molecule has 3 rings (SSSR count). The van der Waals surface area contributed by atoms with Gasteiger partial charge in [0.25, 0.3) is 0 Å². The van der Waals surface area contributed by atoms with Gasteiger partial charge in [-0.15, -0.1) is 5.10 Å². The van der Waals surface area contributed by atoms with Gasteiger partial charge in [0.05, 0.1) is 17.1 Å². The molecule has 0 aliphatic rings. The third-order valence-corrected chi connectivity index (χ3v) is 6.29. The maximum absolute atomic E-state index is 12.0. The summed E-state index contributed by atoms with van der Waals surface area (Å²) in [6, 6.07) is 5.55. The van der Waals surface area contributed by atoms with E-state index in [1.165, 1.54) is 4.52 Å². The molecule has 20 heavy (non-hydrogen) atoms. The molecule has 0 aliphatic heterocycles. The van der Waals surface area contributed by atoms with Crippen LogP contribution in [-0.2, 0) is 9.84 Å². The largest absolute Gasteiger partial charge is 0.255 e. The van der Waals surface area contributed by atoms with Gasteiger partial charge in [-0.1, -0.05) is 17.4 Å². The summed E-state index contributed by atoms with van der Waals surface area (Å²) in [4.78, 5) is 9.12. The molecule has 6 nitrogen and oxygen atoms in total. The lowest BCUT2D eigenvalue weighted by Gasteiger charge is -2.01. The number of sulfone groups is 1. The quantitative estimate of drug-likeness (QED) is 0.740. The Morgan fingerprint density at radius 2 is 2.05 bits per heavy atom. The van der Waals surface area contributed by atoms with E-state index in [2.05, 4.69) is 15.1 Å². The van der Waals surface area contributed by atoms with Crippen LogP contribution in [0, 0.1) is 0 Å². The minimum absolute atomic E-state index is 0.0996. The van der Waals surface area contributed by atoms with Crippen LogP contribution < -0.4 is 0 Å². The average molecular weight is 308 g/mol. The molecule has 3 aromatic heterocycles. The highest BCUT2D eigenvalue weighted by Gasteiger charge is 2.25. The van der Waals surface area contributed by atoms with Crippen LogP contribution in [0.1, 0.15) is 13.8 Å². The zero-order valence-electron chi connectivity index (χ0n) is 10.9. The van der Waals surface area contributed by atoms with Crippen molar-refractivity contribution in [2.24, 2.45) is 0 Å². The molecule has 0 radical (unpaired) electrons. The van der Waals surface area contributed by atoms with Crippen LogP contribution in [0.25, 0.3) is 16.3 Å². The van der Waals surface area contributed by atoms with Gasteiger partial charge in [0.2, 0.25) is 19.1 Å². The van der Waals surface area contributed by atoms with Crippen molar-refractivity contribution in [3.8, 4) is 11.4 Å². The van der Waals surface area contributed by atoms with Gasteiger partial charge in [0, 0.05) is 6.20 Å². The van der Waals surface area contributed by atoms with Crippen LogP contribution in [0.4, 0.5) is 0 Å². The molecule has 0 amide bonds. The van der Waals surface area contributed by atoms with Gasteiger partial charge in [-0.05, 0) is 26.0 Å². The molecular formula is C12H12N4O2S2. The van der Waals surface area contributed by atoms with Gasteiger partial charge < -0.3 is 0 Å². The van der Waals surface area contributed by atoms with E-state index < -0.39 is 15.1 Å². The minimum atomic E-state index is -3.36. The molecule has 0 fully saturated rings. The molecule has 3 aromatic rings. The van der Waals surface area contributed by atoms with Crippen LogP contribution in [0.2, 0.25) is 0 Å². The summed E-state index contributed by atoms with van der Waals surface area (Å²) < 4.78 is 25.7. The molecule has 0 saturated heterocycles. The van der Waals surface area contributed by atoms with Crippen molar-refractivity contribution in [3.05, 3.63) is 30.6 Å². The fraction of sp³-hybridized carbons (Fsp3) is 0.250. The van der Waals surface area contributed by atoms with Gasteiger partial charge in [-0.3, -0.25) is 4.98 Å². The Morgan fingerprint density at radius 3 is 2.65 bits per heavy atom. The smallest absolute Gasteiger partial charge is 0.232 e. The van der Waals surface area contributed by atoms with Gasteiger partial charge in [0.15, 0.2) is 0 Å². The molecule has 0 bridgehead atoms. The monoisotopic (exact) mass is 308 g/mol. The maximum Gasteiger partial charge on any atom is 0.232 e. The summed E-state index contributed by atoms with van der Waals surface area (Å²) in [5, 5.41) is 3.62. The predicted molar refractivity (Wildman–Crippen MR) is 76.4 cm³/mol. The lowest BCUT2D eigenvalue weighted by Crippen LogP contribution is -2.13. The van der Waals surface area contributed by atoms with E-state index in [9.17, 15) is 8.42 Å². The Hall–Kier alpha value is -1.80. The fourth-order valence-electron chi connectivity index (χ4n) is 1.64. The van der Waals surface area contributed by atoms with Crippen molar-refractivity contribution in [3.63, 3.8) is 0 Å². The number of imidazole rings is 1. The van der Waals surface area contributed by atoms with Crippen LogP contribution in [0.15, 0.2) is 34.9 Å². The van der Waals surface area contributed by atoms with Gasteiger partial charge in [-0.25, -0.2) is 17.9 Å². The number of rotatable bonds is 3. The first-order valence-electron chi connectivity index (χ1n) is 6.00. The maximum atomic E-state index is 12.0. The highest BCUT2D eigenvalue weighted by Crippen LogP contribution is 2.25. The molecule has 0 unspecified atom stereocenters. The first-order chi connectivity index (χ1) is 9.48. The fourth-order valence-corrected chi connectivity index (χ4v) is 4.12. The van der Waals surface area contributed by atoms with Gasteiger partial charge in [-0.2, -0.15) is 0 Å². The Balaban J connectivity index is 2.07. The van der Waals surface area contributed by atoms with Crippen molar-refractivity contribution < 1.29 is 8.42 Å². The van der Waals surface area contributed by atoms with E-state index in [1.54, 1.807) is 26.2 Å². The van der Waals surface area contributed by atoms with E-state index in [0.717, 1.165) is 17.0 Å². The Bertz CT molecular complexity index is 819.